The average molecular weight is 509 g/mol. The van der Waals surface area contributed by atoms with Crippen LogP contribution in [0.1, 0.15) is 93.5 Å². The first kappa shape index (κ1) is 23.7. The van der Waals surface area contributed by atoms with Gasteiger partial charge in [0.1, 0.15) is 0 Å². The molecule has 5 aliphatic carbocycles. The van der Waals surface area contributed by atoms with Crippen LogP contribution in [0.3, 0.4) is 0 Å². The van der Waals surface area contributed by atoms with E-state index < -0.39 is 0 Å². The van der Waals surface area contributed by atoms with Crippen molar-refractivity contribution in [3.05, 3.63) is 117 Å². The SMILES string of the molecule is CCC=Cc1cccc2c1CC1=CC3=C(CC12)C(C)(C)C1CC2C(=CC1C3(C)C)c1cccc3cccc2c13. The zero-order valence-corrected chi connectivity index (χ0v) is 24.1. The molecule has 0 heterocycles. The zero-order valence-electron chi connectivity index (χ0n) is 24.1. The molecule has 0 nitrogen and oxygen atoms in total. The Kier molecular flexibility index (Phi) is 4.85. The zero-order chi connectivity index (χ0) is 26.7. The molecule has 0 saturated carbocycles. The largest absolute Gasteiger partial charge is 0.0842 e. The number of allylic oxidation sites excluding steroid dienone is 7. The van der Waals surface area contributed by atoms with Crippen LogP contribution in [0.4, 0.5) is 0 Å². The summed E-state index contributed by atoms with van der Waals surface area (Å²) in [5, 5.41) is 2.92. The van der Waals surface area contributed by atoms with Gasteiger partial charge in [0.15, 0.2) is 0 Å². The minimum absolute atomic E-state index is 0.133. The van der Waals surface area contributed by atoms with Crippen molar-refractivity contribution in [2.24, 2.45) is 22.7 Å². The van der Waals surface area contributed by atoms with Crippen molar-refractivity contribution in [2.75, 3.05) is 0 Å². The molecule has 5 aliphatic rings. The lowest BCUT2D eigenvalue weighted by molar-refractivity contribution is 0.0807. The summed E-state index contributed by atoms with van der Waals surface area (Å²) in [5.41, 5.74) is 14.7. The highest BCUT2D eigenvalue weighted by molar-refractivity contribution is 6.03. The monoisotopic (exact) mass is 508 g/mol. The van der Waals surface area contributed by atoms with Crippen LogP contribution in [-0.2, 0) is 6.42 Å². The van der Waals surface area contributed by atoms with Gasteiger partial charge in [-0.05, 0) is 98.1 Å². The molecule has 0 aromatic heterocycles. The van der Waals surface area contributed by atoms with Crippen LogP contribution in [0.25, 0.3) is 22.4 Å². The van der Waals surface area contributed by atoms with Crippen molar-refractivity contribution >= 4 is 22.4 Å². The van der Waals surface area contributed by atoms with Crippen molar-refractivity contribution in [2.45, 2.75) is 72.1 Å². The van der Waals surface area contributed by atoms with Crippen LogP contribution in [0, 0.1) is 22.7 Å². The van der Waals surface area contributed by atoms with Crippen LogP contribution in [-0.4, -0.2) is 0 Å². The smallest absolute Gasteiger partial charge is 0.0102 e. The minimum atomic E-state index is 0.133. The van der Waals surface area contributed by atoms with Crippen LogP contribution in [0.15, 0.2) is 89.5 Å². The Labute approximate surface area is 234 Å². The van der Waals surface area contributed by atoms with Gasteiger partial charge in [0.05, 0.1) is 0 Å². The number of benzene rings is 3. The summed E-state index contributed by atoms with van der Waals surface area (Å²) in [6.45, 7) is 12.5. The first-order valence-electron chi connectivity index (χ1n) is 15.3. The fraction of sp³-hybridized carbons (Fsp3) is 0.385. The van der Waals surface area contributed by atoms with Gasteiger partial charge < -0.3 is 0 Å². The lowest BCUT2D eigenvalue weighted by Crippen LogP contribution is -2.48. The van der Waals surface area contributed by atoms with Crippen LogP contribution in [0.5, 0.6) is 0 Å². The lowest BCUT2D eigenvalue weighted by Gasteiger charge is -2.57. The second-order valence-electron chi connectivity index (χ2n) is 14.0. The molecule has 196 valence electrons. The highest BCUT2D eigenvalue weighted by atomic mass is 14.6. The molecule has 4 unspecified atom stereocenters. The van der Waals surface area contributed by atoms with E-state index in [1.54, 1.807) is 39.0 Å². The van der Waals surface area contributed by atoms with Gasteiger partial charge in [-0.3, -0.25) is 0 Å². The molecule has 0 radical (unpaired) electrons. The van der Waals surface area contributed by atoms with Gasteiger partial charge >= 0.3 is 0 Å². The number of hydrogen-bond donors (Lipinski definition) is 0. The average Bonchev–Trinajstić information content (AvgIpc) is 3.47. The van der Waals surface area contributed by atoms with E-state index in [4.69, 9.17) is 0 Å². The predicted molar refractivity (Wildman–Crippen MR) is 166 cm³/mol. The third kappa shape index (κ3) is 3.07. The predicted octanol–water partition coefficient (Wildman–Crippen LogP) is 10.4. The van der Waals surface area contributed by atoms with Crippen molar-refractivity contribution in [3.63, 3.8) is 0 Å². The molecule has 0 bridgehead atoms. The summed E-state index contributed by atoms with van der Waals surface area (Å²) in [5.74, 6) is 2.31. The third-order valence-electron chi connectivity index (χ3n) is 11.6. The van der Waals surface area contributed by atoms with E-state index in [-0.39, 0.29) is 10.8 Å². The van der Waals surface area contributed by atoms with Gasteiger partial charge in [-0.1, -0.05) is 125 Å². The van der Waals surface area contributed by atoms with E-state index in [2.05, 4.69) is 114 Å². The van der Waals surface area contributed by atoms with E-state index in [0.29, 0.717) is 23.7 Å². The maximum Gasteiger partial charge on any atom is 0.0102 e. The quantitative estimate of drug-likeness (QED) is 0.323. The van der Waals surface area contributed by atoms with E-state index in [9.17, 15) is 0 Å². The van der Waals surface area contributed by atoms with Crippen molar-refractivity contribution in [1.82, 2.24) is 0 Å². The number of rotatable bonds is 2. The Morgan fingerprint density at radius 3 is 2.46 bits per heavy atom. The summed E-state index contributed by atoms with van der Waals surface area (Å²) in [4.78, 5) is 0. The van der Waals surface area contributed by atoms with Crippen LogP contribution < -0.4 is 0 Å². The normalized spacial score (nSPS) is 28.9. The second kappa shape index (κ2) is 7.97. The molecule has 0 spiro atoms. The fourth-order valence-electron chi connectivity index (χ4n) is 9.53. The van der Waals surface area contributed by atoms with Crippen molar-refractivity contribution < 1.29 is 0 Å². The van der Waals surface area contributed by atoms with Crippen LogP contribution in [0.2, 0.25) is 0 Å². The summed E-state index contributed by atoms with van der Waals surface area (Å²) < 4.78 is 0. The van der Waals surface area contributed by atoms with E-state index in [1.807, 2.05) is 0 Å². The Bertz CT molecular complexity index is 1670. The van der Waals surface area contributed by atoms with Crippen LogP contribution >= 0.6 is 0 Å². The summed E-state index contributed by atoms with van der Waals surface area (Å²) in [6, 6.07) is 21.0. The summed E-state index contributed by atoms with van der Waals surface area (Å²) >= 11 is 0. The standard InChI is InChI=1S/C39H40/c1-6-7-11-23-12-8-15-26-29(23)18-25-19-33-34(20-30(25)26)39(4,5)36-22-32-28-17-10-14-24-13-9-16-27(37(24)28)31(32)21-35(36)38(33,2)3/h7-17,19,21,30,32,35-36H,6,18,20,22H2,1-5H3. The minimum Gasteiger partial charge on any atom is -0.0842 e. The molecule has 39 heavy (non-hydrogen) atoms. The molecule has 0 saturated heterocycles. The maximum atomic E-state index is 2.75. The van der Waals surface area contributed by atoms with Crippen molar-refractivity contribution in [1.29, 1.82) is 0 Å². The van der Waals surface area contributed by atoms with Gasteiger partial charge in [0.25, 0.3) is 0 Å². The van der Waals surface area contributed by atoms with E-state index in [1.165, 1.54) is 34.7 Å². The first-order valence-corrected chi connectivity index (χ1v) is 15.3. The molecule has 0 aliphatic heterocycles. The van der Waals surface area contributed by atoms with E-state index in [0.717, 1.165) is 12.8 Å². The number of fused-ring (bicyclic) bond motifs is 7. The molecule has 0 amide bonds. The van der Waals surface area contributed by atoms with Gasteiger partial charge in [0.2, 0.25) is 0 Å². The van der Waals surface area contributed by atoms with Gasteiger partial charge in [0, 0.05) is 11.8 Å². The topological polar surface area (TPSA) is 0 Å². The molecular weight excluding hydrogens is 468 g/mol. The molecule has 0 fully saturated rings. The summed E-state index contributed by atoms with van der Waals surface area (Å²) in [7, 11) is 0. The van der Waals surface area contributed by atoms with Gasteiger partial charge in [-0.25, -0.2) is 0 Å². The molecule has 3 aromatic carbocycles. The molecule has 3 aromatic rings. The molecule has 4 atom stereocenters. The molecular formula is C39H40. The molecule has 0 N–H and O–H groups in total. The lowest BCUT2D eigenvalue weighted by atomic mass is 9.47. The molecule has 0 heteroatoms. The third-order valence-corrected chi connectivity index (χ3v) is 11.6. The Hall–Kier alpha value is -3.12. The Morgan fingerprint density at radius 2 is 1.64 bits per heavy atom. The number of hydrogen-bond acceptors (Lipinski definition) is 0. The molecule has 8 rings (SSSR count). The van der Waals surface area contributed by atoms with Gasteiger partial charge in [-0.15, -0.1) is 0 Å². The Balaban J connectivity index is 1.25. The van der Waals surface area contributed by atoms with Crippen molar-refractivity contribution in [3.8, 4) is 0 Å². The van der Waals surface area contributed by atoms with E-state index >= 15 is 0 Å². The summed E-state index contributed by atoms with van der Waals surface area (Å²) in [6.07, 6.45) is 14.8. The second-order valence-corrected chi connectivity index (χ2v) is 14.0. The van der Waals surface area contributed by atoms with Gasteiger partial charge in [-0.2, -0.15) is 0 Å². The highest BCUT2D eigenvalue weighted by Gasteiger charge is 2.55. The maximum absolute atomic E-state index is 2.75. The first-order chi connectivity index (χ1) is 18.8. The highest BCUT2D eigenvalue weighted by Crippen LogP contribution is 2.67. The fourth-order valence-corrected chi connectivity index (χ4v) is 9.53. The Morgan fingerprint density at radius 1 is 0.872 bits per heavy atom.